The predicted molar refractivity (Wildman–Crippen MR) is 134 cm³/mol. The highest BCUT2D eigenvalue weighted by atomic mass is 32.1. The summed E-state index contributed by atoms with van der Waals surface area (Å²) in [6, 6.07) is 15.6. The van der Waals surface area contributed by atoms with Crippen LogP contribution in [-0.2, 0) is 4.79 Å². The van der Waals surface area contributed by atoms with Gasteiger partial charge < -0.3 is 14.5 Å². The summed E-state index contributed by atoms with van der Waals surface area (Å²) in [6.07, 6.45) is 0. The van der Waals surface area contributed by atoms with Crippen LogP contribution < -0.4 is 14.9 Å². The maximum atomic E-state index is 11.8. The molecular formula is C26H24N4O3S. The number of carbonyl (C=O) groups is 1. The molecule has 172 valence electrons. The van der Waals surface area contributed by atoms with Crippen molar-refractivity contribution < 1.29 is 13.9 Å². The first-order chi connectivity index (χ1) is 16.4. The molecule has 0 fully saturated rings. The first-order valence-electron chi connectivity index (χ1n) is 10.9. The van der Waals surface area contributed by atoms with Gasteiger partial charge in [-0.15, -0.1) is 11.3 Å². The fourth-order valence-electron chi connectivity index (χ4n) is 3.70. The van der Waals surface area contributed by atoms with Gasteiger partial charge in [0.2, 0.25) is 4.80 Å². The Hall–Kier alpha value is -3.91. The number of aromatic nitrogens is 1. The van der Waals surface area contributed by atoms with Crippen LogP contribution in [0.1, 0.15) is 29.6 Å². The van der Waals surface area contributed by atoms with Crippen LogP contribution in [0.15, 0.2) is 68.4 Å². The highest BCUT2D eigenvalue weighted by Crippen LogP contribution is 2.33. The maximum Gasteiger partial charge on any atom is 0.262 e. The first kappa shape index (κ1) is 21.9. The number of carbonyl (C=O) groups excluding carboxylic acids is 1. The van der Waals surface area contributed by atoms with Gasteiger partial charge in [-0.25, -0.2) is 9.67 Å². The van der Waals surface area contributed by atoms with E-state index in [1.165, 1.54) is 16.9 Å². The molecule has 3 heterocycles. The quantitative estimate of drug-likeness (QED) is 0.394. The Morgan fingerprint density at radius 3 is 2.76 bits per heavy atom. The number of hydrogen-bond donors (Lipinski definition) is 1. The van der Waals surface area contributed by atoms with Gasteiger partial charge in [0.25, 0.3) is 5.91 Å². The Labute approximate surface area is 201 Å². The number of anilines is 1. The third kappa shape index (κ3) is 4.20. The predicted octanol–water partition coefficient (Wildman–Crippen LogP) is 5.57. The molecule has 5 rings (SSSR count). The third-order valence-corrected chi connectivity index (χ3v) is 6.55. The van der Waals surface area contributed by atoms with Crippen molar-refractivity contribution in [1.29, 1.82) is 0 Å². The van der Waals surface area contributed by atoms with Crippen molar-refractivity contribution in [3.63, 3.8) is 0 Å². The van der Waals surface area contributed by atoms with Gasteiger partial charge in [-0.3, -0.25) is 4.79 Å². The molecule has 1 N–H and O–H groups in total. The van der Waals surface area contributed by atoms with Crippen LogP contribution in [0.25, 0.3) is 11.3 Å². The second kappa shape index (κ2) is 8.79. The zero-order valence-corrected chi connectivity index (χ0v) is 20.2. The van der Waals surface area contributed by atoms with Gasteiger partial charge in [-0.1, -0.05) is 12.1 Å². The lowest BCUT2D eigenvalue weighted by molar-refractivity contribution is -0.118. The van der Waals surface area contributed by atoms with E-state index in [0.29, 0.717) is 17.2 Å². The van der Waals surface area contributed by atoms with E-state index in [2.05, 4.69) is 25.2 Å². The highest BCUT2D eigenvalue weighted by molar-refractivity contribution is 7.07. The number of fused-ring (bicyclic) bond motifs is 1. The van der Waals surface area contributed by atoms with Crippen molar-refractivity contribution in [3.05, 3.63) is 81.4 Å². The Balaban J connectivity index is 1.69. The minimum Gasteiger partial charge on any atom is -0.482 e. The molecule has 1 aliphatic heterocycles. The van der Waals surface area contributed by atoms with Crippen molar-refractivity contribution >= 4 is 34.3 Å². The van der Waals surface area contributed by atoms with E-state index >= 15 is 0 Å². The van der Waals surface area contributed by atoms with Crippen molar-refractivity contribution in [2.45, 2.75) is 27.7 Å². The number of furan rings is 1. The fourth-order valence-corrected chi connectivity index (χ4v) is 4.55. The Morgan fingerprint density at radius 1 is 1.12 bits per heavy atom. The molecule has 0 radical (unpaired) electrons. The lowest BCUT2D eigenvalue weighted by atomic mass is 10.1. The molecule has 0 atom stereocenters. The molecule has 2 aromatic heterocycles. The van der Waals surface area contributed by atoms with E-state index in [0.717, 1.165) is 38.8 Å². The van der Waals surface area contributed by atoms with Crippen LogP contribution in [0.3, 0.4) is 0 Å². The number of hydrogen-bond acceptors (Lipinski definition) is 6. The normalized spacial score (nSPS) is 14.1. The average molecular weight is 473 g/mol. The molecule has 2 aromatic carbocycles. The number of thiazole rings is 1. The number of benzene rings is 2. The van der Waals surface area contributed by atoms with Crippen molar-refractivity contribution in [3.8, 4) is 17.0 Å². The number of rotatable bonds is 4. The minimum atomic E-state index is -0.171. The number of aryl methyl sites for hydroxylation is 2. The summed E-state index contributed by atoms with van der Waals surface area (Å²) in [5.41, 5.74) is 6.30. The average Bonchev–Trinajstić information content (AvgIpc) is 3.43. The molecule has 0 spiro atoms. The van der Waals surface area contributed by atoms with Crippen LogP contribution in [0.5, 0.6) is 5.75 Å². The van der Waals surface area contributed by atoms with Crippen LogP contribution in [0.2, 0.25) is 0 Å². The molecule has 0 unspecified atom stereocenters. The molecular weight excluding hydrogens is 448 g/mol. The standard InChI is InChI=1S/C26H24N4O3S/c1-15-6-5-7-20(17(15)3)28-26-30(29-18(4)23-10-8-16(2)33-23)22(14-34-26)19-9-11-24-21(12-19)27-25(31)13-32-24/h5-12,14H,13H2,1-4H3,(H,27,31). The van der Waals surface area contributed by atoms with E-state index in [1.807, 2.05) is 66.4 Å². The second-order valence-corrected chi connectivity index (χ2v) is 9.03. The molecule has 1 amide bonds. The zero-order valence-electron chi connectivity index (χ0n) is 19.4. The van der Waals surface area contributed by atoms with E-state index in [4.69, 9.17) is 19.2 Å². The Kier molecular flexibility index (Phi) is 5.67. The number of nitrogens with zero attached hydrogens (tertiary/aromatic N) is 3. The van der Waals surface area contributed by atoms with Crippen molar-refractivity contribution in [2.24, 2.45) is 10.1 Å². The zero-order chi connectivity index (χ0) is 23.8. The van der Waals surface area contributed by atoms with Gasteiger partial charge in [0, 0.05) is 10.9 Å². The van der Waals surface area contributed by atoms with Crippen molar-refractivity contribution in [2.75, 3.05) is 11.9 Å². The molecule has 0 bridgehead atoms. The third-order valence-electron chi connectivity index (χ3n) is 5.73. The molecule has 1 aliphatic rings. The lowest BCUT2D eigenvalue weighted by Crippen LogP contribution is -2.25. The molecule has 7 nitrogen and oxygen atoms in total. The smallest absolute Gasteiger partial charge is 0.262 e. The van der Waals surface area contributed by atoms with Gasteiger partial charge >= 0.3 is 0 Å². The SMILES string of the molecule is CC(=Nn1c(-c2ccc3c(c2)NC(=O)CO3)csc1=Nc1cccc(C)c1C)c1ccc(C)o1. The van der Waals surface area contributed by atoms with E-state index in [9.17, 15) is 4.79 Å². The summed E-state index contributed by atoms with van der Waals surface area (Å²) in [7, 11) is 0. The number of amides is 1. The topological polar surface area (TPSA) is 81.1 Å². The van der Waals surface area contributed by atoms with E-state index in [1.54, 1.807) is 0 Å². The summed E-state index contributed by atoms with van der Waals surface area (Å²) in [5.74, 6) is 2.00. The maximum absolute atomic E-state index is 11.8. The molecule has 34 heavy (non-hydrogen) atoms. The summed E-state index contributed by atoms with van der Waals surface area (Å²) >= 11 is 1.50. The molecule has 8 heteroatoms. The number of ether oxygens (including phenoxy) is 1. The summed E-state index contributed by atoms with van der Waals surface area (Å²) in [6.45, 7) is 7.99. The van der Waals surface area contributed by atoms with Crippen LogP contribution >= 0.6 is 11.3 Å². The van der Waals surface area contributed by atoms with Crippen LogP contribution in [0, 0.1) is 20.8 Å². The molecule has 4 aromatic rings. The van der Waals surface area contributed by atoms with Crippen molar-refractivity contribution in [1.82, 2.24) is 4.68 Å². The van der Waals surface area contributed by atoms with Crippen LogP contribution in [0.4, 0.5) is 11.4 Å². The van der Waals surface area contributed by atoms with Gasteiger partial charge in [0.15, 0.2) is 6.61 Å². The monoisotopic (exact) mass is 472 g/mol. The lowest BCUT2D eigenvalue weighted by Gasteiger charge is -2.18. The molecule has 0 aliphatic carbocycles. The van der Waals surface area contributed by atoms with Gasteiger partial charge in [-0.05, 0) is 75.2 Å². The second-order valence-electron chi connectivity index (χ2n) is 8.19. The van der Waals surface area contributed by atoms with E-state index in [-0.39, 0.29) is 12.5 Å². The van der Waals surface area contributed by atoms with Gasteiger partial charge in [-0.2, -0.15) is 5.10 Å². The summed E-state index contributed by atoms with van der Waals surface area (Å²) in [5, 5.41) is 9.78. The van der Waals surface area contributed by atoms with Gasteiger partial charge in [0.05, 0.1) is 17.1 Å². The fraction of sp³-hybridized carbons (Fsp3) is 0.192. The summed E-state index contributed by atoms with van der Waals surface area (Å²) in [4.78, 5) is 17.5. The minimum absolute atomic E-state index is 0.0235. The molecule has 0 saturated heterocycles. The largest absolute Gasteiger partial charge is 0.482 e. The number of nitrogens with one attached hydrogen (secondary N) is 1. The first-order valence-corrected chi connectivity index (χ1v) is 11.8. The van der Waals surface area contributed by atoms with E-state index < -0.39 is 0 Å². The Morgan fingerprint density at radius 2 is 1.97 bits per heavy atom. The summed E-state index contributed by atoms with van der Waals surface area (Å²) < 4.78 is 13.1. The highest BCUT2D eigenvalue weighted by Gasteiger charge is 2.18. The Bertz CT molecular complexity index is 1510. The van der Waals surface area contributed by atoms with Crippen LogP contribution in [-0.4, -0.2) is 22.9 Å². The van der Waals surface area contributed by atoms with Gasteiger partial charge in [0.1, 0.15) is 23.0 Å². The molecule has 0 saturated carbocycles.